The average molecular weight is 340 g/mol. The molecule has 130 valence electrons. The number of aryl methyl sites for hydroxylation is 1. The summed E-state index contributed by atoms with van der Waals surface area (Å²) in [6.07, 6.45) is 0.924. The lowest BCUT2D eigenvalue weighted by atomic mass is 10.2. The first kappa shape index (κ1) is 18.2. The molecule has 0 radical (unpaired) electrons. The lowest BCUT2D eigenvalue weighted by molar-refractivity contribution is 0.0220. The number of thiazole rings is 1. The van der Waals surface area contributed by atoms with Crippen molar-refractivity contribution in [2.75, 3.05) is 45.9 Å². The van der Waals surface area contributed by atoms with Crippen molar-refractivity contribution < 1.29 is 4.74 Å². The molecule has 0 bridgehead atoms. The topological polar surface area (TPSA) is 61.8 Å². The first-order chi connectivity index (χ1) is 11.2. The van der Waals surface area contributed by atoms with E-state index < -0.39 is 0 Å². The molecule has 1 aliphatic rings. The van der Waals surface area contributed by atoms with Gasteiger partial charge in [0.25, 0.3) is 0 Å². The van der Waals surface area contributed by atoms with Gasteiger partial charge in [0.2, 0.25) is 0 Å². The van der Waals surface area contributed by atoms with E-state index in [1.54, 1.807) is 11.3 Å². The van der Waals surface area contributed by atoms with Crippen molar-refractivity contribution in [3.8, 4) is 0 Å². The van der Waals surface area contributed by atoms with Crippen LogP contribution in [-0.4, -0.2) is 67.8 Å². The van der Waals surface area contributed by atoms with Crippen LogP contribution in [0.2, 0.25) is 0 Å². The number of hydrogen-bond donors (Lipinski definition) is 2. The third-order valence-corrected chi connectivity index (χ3v) is 4.69. The van der Waals surface area contributed by atoms with E-state index in [0.717, 1.165) is 69.0 Å². The van der Waals surface area contributed by atoms with Crippen LogP contribution in [0.3, 0.4) is 0 Å². The predicted octanol–water partition coefficient (Wildman–Crippen LogP) is 1.27. The minimum atomic E-state index is 0.440. The van der Waals surface area contributed by atoms with Crippen molar-refractivity contribution in [3.05, 3.63) is 16.1 Å². The van der Waals surface area contributed by atoms with Crippen LogP contribution < -0.4 is 10.6 Å². The summed E-state index contributed by atoms with van der Waals surface area (Å²) in [4.78, 5) is 11.6. The van der Waals surface area contributed by atoms with E-state index in [9.17, 15) is 0 Å². The summed E-state index contributed by atoms with van der Waals surface area (Å²) in [5.74, 6) is 0.888. The highest BCUT2D eigenvalue weighted by Crippen LogP contribution is 2.07. The van der Waals surface area contributed by atoms with Crippen molar-refractivity contribution in [2.45, 2.75) is 33.2 Å². The smallest absolute Gasteiger partial charge is 0.191 e. The zero-order valence-corrected chi connectivity index (χ0v) is 15.3. The van der Waals surface area contributed by atoms with Gasteiger partial charge in [0.1, 0.15) is 0 Å². The fourth-order valence-electron chi connectivity index (χ4n) is 2.53. The van der Waals surface area contributed by atoms with Gasteiger partial charge >= 0.3 is 0 Å². The first-order valence-corrected chi connectivity index (χ1v) is 9.32. The van der Waals surface area contributed by atoms with Gasteiger partial charge in [-0.3, -0.25) is 9.89 Å². The van der Waals surface area contributed by atoms with E-state index in [-0.39, 0.29) is 0 Å². The zero-order valence-electron chi connectivity index (χ0n) is 14.5. The van der Waals surface area contributed by atoms with Gasteiger partial charge in [-0.1, -0.05) is 0 Å². The van der Waals surface area contributed by atoms with Crippen LogP contribution in [-0.2, 0) is 11.2 Å². The molecule has 0 aliphatic carbocycles. The maximum absolute atomic E-state index is 5.40. The summed E-state index contributed by atoms with van der Waals surface area (Å²) in [6, 6.07) is 0.440. The van der Waals surface area contributed by atoms with Gasteiger partial charge in [0.05, 0.1) is 30.5 Å². The van der Waals surface area contributed by atoms with E-state index in [1.807, 2.05) is 6.92 Å². The Morgan fingerprint density at radius 3 is 2.87 bits per heavy atom. The van der Waals surface area contributed by atoms with Crippen LogP contribution >= 0.6 is 11.3 Å². The fourth-order valence-corrected chi connectivity index (χ4v) is 3.18. The molecule has 2 heterocycles. The zero-order chi connectivity index (χ0) is 16.5. The monoisotopic (exact) mass is 339 g/mol. The highest BCUT2D eigenvalue weighted by atomic mass is 32.1. The van der Waals surface area contributed by atoms with Gasteiger partial charge in [-0.2, -0.15) is 0 Å². The van der Waals surface area contributed by atoms with Gasteiger partial charge in [0.15, 0.2) is 5.96 Å². The number of hydrogen-bond acceptors (Lipinski definition) is 5. The molecule has 0 spiro atoms. The second-order valence-corrected chi connectivity index (χ2v) is 6.81. The average Bonchev–Trinajstić information content (AvgIpc) is 2.98. The third kappa shape index (κ3) is 6.45. The van der Waals surface area contributed by atoms with Gasteiger partial charge in [-0.25, -0.2) is 4.98 Å². The molecule has 1 aromatic heterocycles. The first-order valence-electron chi connectivity index (χ1n) is 8.44. The van der Waals surface area contributed by atoms with Crippen molar-refractivity contribution in [1.82, 2.24) is 20.5 Å². The molecule has 6 nitrogen and oxygen atoms in total. The lowest BCUT2D eigenvalue weighted by Gasteiger charge is -2.31. The van der Waals surface area contributed by atoms with Crippen LogP contribution in [0.25, 0.3) is 0 Å². The number of rotatable bonds is 7. The van der Waals surface area contributed by atoms with Gasteiger partial charge < -0.3 is 15.4 Å². The Hall–Kier alpha value is -1.18. The third-order valence-electron chi connectivity index (χ3n) is 3.87. The largest absolute Gasteiger partial charge is 0.379 e. The minimum absolute atomic E-state index is 0.440. The number of aromatic nitrogens is 1. The molecule has 7 heteroatoms. The number of nitrogens with one attached hydrogen (secondary N) is 2. The van der Waals surface area contributed by atoms with Crippen LogP contribution in [0.15, 0.2) is 10.4 Å². The normalized spacial score (nSPS) is 18.0. The Bertz CT molecular complexity index is 485. The molecule has 1 atom stereocenters. The van der Waals surface area contributed by atoms with E-state index in [0.29, 0.717) is 6.04 Å². The number of morpholine rings is 1. The molecule has 0 amide bonds. The number of guanidine groups is 1. The molecule has 1 fully saturated rings. The standard InChI is InChI=1S/C16H29N5OS/c1-4-17-16(18-6-5-15-12-23-14(3)20-15)19-11-13(2)21-7-9-22-10-8-21/h12-13H,4-11H2,1-3H3,(H2,17,18,19). The summed E-state index contributed by atoms with van der Waals surface area (Å²) in [5.41, 5.74) is 1.15. The molecule has 1 aromatic rings. The second kappa shape index (κ2) is 9.85. The van der Waals surface area contributed by atoms with Gasteiger partial charge in [-0.05, 0) is 20.8 Å². The van der Waals surface area contributed by atoms with E-state index >= 15 is 0 Å². The SMILES string of the molecule is CCNC(=NCC(C)N1CCOCC1)NCCc1csc(C)n1. The fraction of sp³-hybridized carbons (Fsp3) is 0.750. The maximum Gasteiger partial charge on any atom is 0.191 e. The highest BCUT2D eigenvalue weighted by molar-refractivity contribution is 7.09. The minimum Gasteiger partial charge on any atom is -0.379 e. The summed E-state index contributed by atoms with van der Waals surface area (Å²) in [5, 5.41) is 9.96. The second-order valence-electron chi connectivity index (χ2n) is 5.75. The molecule has 2 N–H and O–H groups in total. The molecule has 2 rings (SSSR count). The predicted molar refractivity (Wildman–Crippen MR) is 96.4 cm³/mol. The molecule has 0 aromatic carbocycles. The van der Waals surface area contributed by atoms with Gasteiger partial charge in [0, 0.05) is 44.0 Å². The molecule has 1 aliphatic heterocycles. The van der Waals surface area contributed by atoms with Crippen LogP contribution in [0.5, 0.6) is 0 Å². The molecular formula is C16H29N5OS. The molecule has 23 heavy (non-hydrogen) atoms. The Kier molecular flexibility index (Phi) is 7.78. The number of ether oxygens (including phenoxy) is 1. The Labute approximate surface area is 143 Å². The van der Waals surface area contributed by atoms with Crippen LogP contribution in [0, 0.1) is 6.92 Å². The summed E-state index contributed by atoms with van der Waals surface area (Å²) < 4.78 is 5.40. The van der Waals surface area contributed by atoms with E-state index in [2.05, 4.69) is 39.7 Å². The van der Waals surface area contributed by atoms with Gasteiger partial charge in [-0.15, -0.1) is 11.3 Å². The number of nitrogens with zero attached hydrogens (tertiary/aromatic N) is 3. The Morgan fingerprint density at radius 1 is 1.43 bits per heavy atom. The molecule has 1 unspecified atom stereocenters. The van der Waals surface area contributed by atoms with Crippen molar-refractivity contribution in [2.24, 2.45) is 4.99 Å². The molecular weight excluding hydrogens is 310 g/mol. The van der Waals surface area contributed by atoms with Crippen LogP contribution in [0.4, 0.5) is 0 Å². The van der Waals surface area contributed by atoms with Crippen LogP contribution in [0.1, 0.15) is 24.5 Å². The number of aliphatic imine (C=N–C) groups is 1. The quantitative estimate of drug-likeness (QED) is 0.579. The molecule has 1 saturated heterocycles. The van der Waals surface area contributed by atoms with Crippen molar-refractivity contribution in [1.29, 1.82) is 0 Å². The maximum atomic E-state index is 5.40. The lowest BCUT2D eigenvalue weighted by Crippen LogP contribution is -2.44. The summed E-state index contributed by atoms with van der Waals surface area (Å²) in [6.45, 7) is 12.6. The van der Waals surface area contributed by atoms with E-state index in [4.69, 9.17) is 9.73 Å². The molecule has 0 saturated carbocycles. The summed E-state index contributed by atoms with van der Waals surface area (Å²) >= 11 is 1.70. The van der Waals surface area contributed by atoms with Crippen molar-refractivity contribution >= 4 is 17.3 Å². The Morgan fingerprint density at radius 2 is 2.22 bits per heavy atom. The highest BCUT2D eigenvalue weighted by Gasteiger charge is 2.16. The van der Waals surface area contributed by atoms with Crippen molar-refractivity contribution in [3.63, 3.8) is 0 Å². The Balaban J connectivity index is 1.76. The summed E-state index contributed by atoms with van der Waals surface area (Å²) in [7, 11) is 0. The van der Waals surface area contributed by atoms with E-state index in [1.165, 1.54) is 0 Å².